The highest BCUT2D eigenvalue weighted by Crippen LogP contribution is 2.15. The maximum atomic E-state index is 11.7. The lowest BCUT2D eigenvalue weighted by Crippen LogP contribution is -2.23. The first kappa shape index (κ1) is 16.5. The molecule has 5 heteroatoms. The fourth-order valence-electron chi connectivity index (χ4n) is 1.96. The van der Waals surface area contributed by atoms with E-state index in [0.717, 1.165) is 11.1 Å². The number of hydrogen-bond acceptors (Lipinski definition) is 4. The van der Waals surface area contributed by atoms with E-state index >= 15 is 0 Å². The van der Waals surface area contributed by atoms with Crippen LogP contribution in [0.25, 0.3) is 0 Å². The van der Waals surface area contributed by atoms with Crippen molar-refractivity contribution in [3.05, 3.63) is 59.7 Å². The number of carbonyl (C=O) groups excluding carboxylic acids is 2. The zero-order valence-corrected chi connectivity index (χ0v) is 13.2. The highest BCUT2D eigenvalue weighted by molar-refractivity contribution is 5.92. The van der Waals surface area contributed by atoms with Crippen LogP contribution in [0.1, 0.15) is 11.1 Å². The van der Waals surface area contributed by atoms with E-state index in [2.05, 4.69) is 5.32 Å². The van der Waals surface area contributed by atoms with Gasteiger partial charge in [0.2, 0.25) is 0 Å². The Morgan fingerprint density at radius 1 is 1.00 bits per heavy atom. The molecule has 0 unspecified atom stereocenters. The third-order valence-corrected chi connectivity index (χ3v) is 3.11. The van der Waals surface area contributed by atoms with Gasteiger partial charge in [0.25, 0.3) is 5.91 Å². The Morgan fingerprint density at radius 2 is 1.78 bits per heavy atom. The number of esters is 1. The minimum Gasteiger partial charge on any atom is -0.482 e. The first-order chi connectivity index (χ1) is 11.0. The van der Waals surface area contributed by atoms with E-state index in [4.69, 9.17) is 9.47 Å². The van der Waals surface area contributed by atoms with Gasteiger partial charge in [0.15, 0.2) is 13.2 Å². The van der Waals surface area contributed by atoms with Gasteiger partial charge in [-0.25, -0.2) is 4.79 Å². The van der Waals surface area contributed by atoms with Crippen molar-refractivity contribution in [1.29, 1.82) is 0 Å². The number of anilines is 1. The number of benzene rings is 2. The van der Waals surface area contributed by atoms with Crippen molar-refractivity contribution in [1.82, 2.24) is 0 Å². The van der Waals surface area contributed by atoms with Crippen LogP contribution >= 0.6 is 0 Å². The van der Waals surface area contributed by atoms with Crippen LogP contribution < -0.4 is 10.1 Å². The van der Waals surface area contributed by atoms with Gasteiger partial charge < -0.3 is 14.8 Å². The van der Waals surface area contributed by atoms with E-state index in [9.17, 15) is 9.59 Å². The van der Waals surface area contributed by atoms with Gasteiger partial charge in [0.05, 0.1) is 0 Å². The molecular weight excluding hydrogens is 294 g/mol. The normalized spacial score (nSPS) is 10.0. The molecule has 23 heavy (non-hydrogen) atoms. The zero-order valence-electron chi connectivity index (χ0n) is 13.2. The van der Waals surface area contributed by atoms with Gasteiger partial charge in [0.1, 0.15) is 5.75 Å². The van der Waals surface area contributed by atoms with Crippen molar-refractivity contribution < 1.29 is 19.1 Å². The molecule has 2 aromatic carbocycles. The number of hydrogen-bond donors (Lipinski definition) is 1. The van der Waals surface area contributed by atoms with E-state index in [1.165, 1.54) is 0 Å². The van der Waals surface area contributed by atoms with Gasteiger partial charge in [-0.2, -0.15) is 0 Å². The highest BCUT2D eigenvalue weighted by Gasteiger charge is 2.09. The van der Waals surface area contributed by atoms with Crippen molar-refractivity contribution in [2.24, 2.45) is 0 Å². The molecule has 0 saturated heterocycles. The second-order valence-corrected chi connectivity index (χ2v) is 5.13. The molecule has 5 nitrogen and oxygen atoms in total. The molecule has 0 heterocycles. The Hall–Kier alpha value is -2.82. The summed E-state index contributed by atoms with van der Waals surface area (Å²) < 4.78 is 10.3. The first-order valence-electron chi connectivity index (χ1n) is 7.25. The minimum absolute atomic E-state index is 0.234. The summed E-state index contributed by atoms with van der Waals surface area (Å²) in [5, 5.41) is 2.66. The van der Waals surface area contributed by atoms with Gasteiger partial charge in [-0.05, 0) is 43.2 Å². The number of nitrogens with one attached hydrogen (secondary N) is 1. The Balaban J connectivity index is 1.74. The average molecular weight is 313 g/mol. The lowest BCUT2D eigenvalue weighted by Gasteiger charge is -2.09. The molecular formula is C18H19NO4. The molecule has 120 valence electrons. The van der Waals surface area contributed by atoms with Crippen LogP contribution in [-0.4, -0.2) is 25.1 Å². The third kappa shape index (κ3) is 5.47. The van der Waals surface area contributed by atoms with Crippen molar-refractivity contribution in [3.8, 4) is 5.75 Å². The molecule has 0 atom stereocenters. The molecule has 0 aliphatic heterocycles. The van der Waals surface area contributed by atoms with Gasteiger partial charge in [-0.3, -0.25) is 4.79 Å². The molecule has 2 aromatic rings. The summed E-state index contributed by atoms with van der Waals surface area (Å²) in [5.41, 5.74) is 2.63. The Kier molecular flexibility index (Phi) is 5.74. The monoisotopic (exact) mass is 313 g/mol. The molecule has 0 aliphatic rings. The molecule has 0 saturated carbocycles. The number of rotatable bonds is 6. The topological polar surface area (TPSA) is 64.6 Å². The number of para-hydroxylation sites is 1. The van der Waals surface area contributed by atoms with Gasteiger partial charge in [0, 0.05) is 5.69 Å². The summed E-state index contributed by atoms with van der Waals surface area (Å²) in [5.74, 6) is -0.360. The van der Waals surface area contributed by atoms with Crippen molar-refractivity contribution in [2.45, 2.75) is 13.8 Å². The Morgan fingerprint density at radius 3 is 2.52 bits per heavy atom. The zero-order chi connectivity index (χ0) is 16.7. The summed E-state index contributed by atoms with van der Waals surface area (Å²) in [6, 6.07) is 14.7. The fraction of sp³-hybridized carbons (Fsp3) is 0.222. The summed E-state index contributed by atoms with van der Waals surface area (Å²) >= 11 is 0. The maximum absolute atomic E-state index is 11.7. The van der Waals surface area contributed by atoms with E-state index in [1.54, 1.807) is 12.1 Å². The molecule has 0 aromatic heterocycles. The second-order valence-electron chi connectivity index (χ2n) is 5.13. The van der Waals surface area contributed by atoms with E-state index in [1.807, 2.05) is 50.2 Å². The van der Waals surface area contributed by atoms with E-state index < -0.39 is 5.97 Å². The summed E-state index contributed by atoms with van der Waals surface area (Å²) in [4.78, 5) is 23.3. The fourth-order valence-corrected chi connectivity index (χ4v) is 1.96. The third-order valence-electron chi connectivity index (χ3n) is 3.11. The SMILES string of the molecule is Cc1cccc(NC(=O)COC(=O)COc2ccccc2C)c1. The van der Waals surface area contributed by atoms with Crippen LogP contribution in [-0.2, 0) is 14.3 Å². The Labute approximate surface area is 135 Å². The molecule has 0 fully saturated rings. The first-order valence-corrected chi connectivity index (χ1v) is 7.25. The molecule has 0 radical (unpaired) electrons. The second kappa shape index (κ2) is 7.98. The smallest absolute Gasteiger partial charge is 0.344 e. The molecule has 2 rings (SSSR count). The van der Waals surface area contributed by atoms with Crippen molar-refractivity contribution in [3.63, 3.8) is 0 Å². The van der Waals surface area contributed by atoms with Crippen LogP contribution in [0.3, 0.4) is 0 Å². The molecule has 1 N–H and O–H groups in total. The standard InChI is InChI=1S/C18H19NO4/c1-13-6-5-8-15(10-13)19-17(20)11-23-18(21)12-22-16-9-4-3-7-14(16)2/h3-10H,11-12H2,1-2H3,(H,19,20). The number of amides is 1. The Bertz CT molecular complexity index is 697. The van der Waals surface area contributed by atoms with Crippen LogP contribution in [0.4, 0.5) is 5.69 Å². The van der Waals surface area contributed by atoms with Crippen LogP contribution in [0.2, 0.25) is 0 Å². The molecule has 0 bridgehead atoms. The van der Waals surface area contributed by atoms with Gasteiger partial charge in [-0.15, -0.1) is 0 Å². The molecule has 0 aliphatic carbocycles. The lowest BCUT2D eigenvalue weighted by atomic mass is 10.2. The summed E-state index contributed by atoms with van der Waals surface area (Å²) in [7, 11) is 0. The summed E-state index contributed by atoms with van der Waals surface area (Å²) in [6.07, 6.45) is 0. The van der Waals surface area contributed by atoms with Crippen molar-refractivity contribution >= 4 is 17.6 Å². The predicted octanol–water partition coefficient (Wildman–Crippen LogP) is 2.86. The van der Waals surface area contributed by atoms with E-state index in [-0.39, 0.29) is 19.1 Å². The number of carbonyl (C=O) groups is 2. The van der Waals surface area contributed by atoms with Crippen LogP contribution in [0.5, 0.6) is 5.75 Å². The number of aryl methyl sites for hydroxylation is 2. The average Bonchev–Trinajstić information content (AvgIpc) is 2.52. The maximum Gasteiger partial charge on any atom is 0.344 e. The van der Waals surface area contributed by atoms with E-state index in [0.29, 0.717) is 11.4 Å². The predicted molar refractivity (Wildman–Crippen MR) is 87.4 cm³/mol. The van der Waals surface area contributed by atoms with Gasteiger partial charge in [-0.1, -0.05) is 30.3 Å². The largest absolute Gasteiger partial charge is 0.482 e. The lowest BCUT2D eigenvalue weighted by molar-refractivity contribution is -0.149. The summed E-state index contributed by atoms with van der Waals surface area (Å²) in [6.45, 7) is 3.24. The number of ether oxygens (including phenoxy) is 2. The quantitative estimate of drug-likeness (QED) is 0.833. The van der Waals surface area contributed by atoms with Crippen LogP contribution in [0, 0.1) is 13.8 Å². The molecule has 1 amide bonds. The van der Waals surface area contributed by atoms with Crippen LogP contribution in [0.15, 0.2) is 48.5 Å². The van der Waals surface area contributed by atoms with Gasteiger partial charge >= 0.3 is 5.97 Å². The minimum atomic E-state index is -0.590. The van der Waals surface area contributed by atoms with Crippen molar-refractivity contribution in [2.75, 3.05) is 18.5 Å². The highest BCUT2D eigenvalue weighted by atomic mass is 16.6. The molecule has 0 spiro atoms.